The first kappa shape index (κ1) is 23.5. The quantitative estimate of drug-likeness (QED) is 0.260. The minimum Gasteiger partial charge on any atom is -0.493 e. The van der Waals surface area contributed by atoms with Crippen molar-refractivity contribution in [3.63, 3.8) is 0 Å². The number of guanidine groups is 1. The highest BCUT2D eigenvalue weighted by molar-refractivity contribution is 14.0. The summed E-state index contributed by atoms with van der Waals surface area (Å²) in [4.78, 5) is 4.67. The largest absolute Gasteiger partial charge is 0.493 e. The third-order valence-electron chi connectivity index (χ3n) is 4.15. The number of nitrogens with one attached hydrogen (secondary N) is 2. The van der Waals surface area contributed by atoms with Gasteiger partial charge < -0.3 is 20.1 Å². The number of aliphatic imine (C=N–C) groups is 1. The molecule has 30 heavy (non-hydrogen) atoms. The minimum absolute atomic E-state index is 0. The number of methoxy groups -OCH3 is 1. The zero-order valence-corrected chi connectivity index (χ0v) is 19.8. The van der Waals surface area contributed by atoms with Crippen LogP contribution in [0.5, 0.6) is 11.5 Å². The first-order chi connectivity index (χ1) is 14.2. The Hall–Kier alpha value is -2.75. The third kappa shape index (κ3) is 6.38. The van der Waals surface area contributed by atoms with Gasteiger partial charge in [-0.2, -0.15) is 5.10 Å². The van der Waals surface area contributed by atoms with Crippen LogP contribution >= 0.6 is 24.0 Å². The first-order valence-electron chi connectivity index (χ1n) is 9.68. The number of nitrogens with zero attached hydrogens (tertiary/aromatic N) is 3. The molecule has 0 saturated carbocycles. The lowest BCUT2D eigenvalue weighted by Crippen LogP contribution is -2.30. The molecule has 0 aliphatic carbocycles. The first-order valence-corrected chi connectivity index (χ1v) is 9.68. The van der Waals surface area contributed by atoms with Gasteiger partial charge in [0.05, 0.1) is 32.1 Å². The molecule has 3 rings (SSSR count). The van der Waals surface area contributed by atoms with Crippen LogP contribution in [0.3, 0.4) is 0 Å². The molecular weight excluding hydrogens is 493 g/mol. The summed E-state index contributed by atoms with van der Waals surface area (Å²) in [7, 11) is 1.63. The summed E-state index contributed by atoms with van der Waals surface area (Å²) in [5, 5.41) is 11.0. The molecule has 160 valence electrons. The van der Waals surface area contributed by atoms with Gasteiger partial charge in [-0.05, 0) is 38.1 Å². The average Bonchev–Trinajstić information content (AvgIpc) is 3.23. The molecule has 3 aromatic rings. The SMILES string of the molecule is CCNC(=NCc1cnn(-c2ccccc2)c1)Nc1ccc(OCC)c(OC)c1.I. The number of benzene rings is 2. The lowest BCUT2D eigenvalue weighted by atomic mass is 10.2. The molecule has 2 N–H and O–H groups in total. The van der Waals surface area contributed by atoms with E-state index in [1.807, 2.05) is 79.5 Å². The number of aromatic nitrogens is 2. The average molecular weight is 521 g/mol. The number of hydrogen-bond acceptors (Lipinski definition) is 4. The van der Waals surface area contributed by atoms with Gasteiger partial charge in [-0.15, -0.1) is 24.0 Å². The zero-order valence-electron chi connectivity index (χ0n) is 17.5. The summed E-state index contributed by atoms with van der Waals surface area (Å²) in [6.45, 7) is 5.83. The highest BCUT2D eigenvalue weighted by Gasteiger charge is 2.07. The van der Waals surface area contributed by atoms with Crippen LogP contribution in [0.1, 0.15) is 19.4 Å². The van der Waals surface area contributed by atoms with Crippen molar-refractivity contribution >= 4 is 35.6 Å². The molecule has 0 spiro atoms. The molecule has 0 aliphatic rings. The van der Waals surface area contributed by atoms with E-state index in [-0.39, 0.29) is 24.0 Å². The number of hydrogen-bond donors (Lipinski definition) is 2. The van der Waals surface area contributed by atoms with Crippen molar-refractivity contribution in [2.45, 2.75) is 20.4 Å². The van der Waals surface area contributed by atoms with Crippen molar-refractivity contribution < 1.29 is 9.47 Å². The van der Waals surface area contributed by atoms with E-state index < -0.39 is 0 Å². The second-order valence-corrected chi connectivity index (χ2v) is 6.25. The Kier molecular flexibility index (Phi) is 9.46. The second-order valence-electron chi connectivity index (χ2n) is 6.25. The molecule has 2 aromatic carbocycles. The van der Waals surface area contributed by atoms with E-state index in [9.17, 15) is 0 Å². The maximum Gasteiger partial charge on any atom is 0.196 e. The van der Waals surface area contributed by atoms with Crippen LogP contribution in [0.25, 0.3) is 5.69 Å². The number of anilines is 1. The second kappa shape index (κ2) is 12.1. The van der Waals surface area contributed by atoms with Gasteiger partial charge in [-0.25, -0.2) is 9.67 Å². The zero-order chi connectivity index (χ0) is 20.5. The molecular formula is C22H28IN5O2. The predicted octanol–water partition coefficient (Wildman–Crippen LogP) is 4.48. The Morgan fingerprint density at radius 3 is 2.60 bits per heavy atom. The molecule has 7 nitrogen and oxygen atoms in total. The summed E-state index contributed by atoms with van der Waals surface area (Å²) in [5.74, 6) is 2.08. The number of ether oxygens (including phenoxy) is 2. The molecule has 0 radical (unpaired) electrons. The summed E-state index contributed by atoms with van der Waals surface area (Å²) in [6, 6.07) is 15.7. The fraction of sp³-hybridized carbons (Fsp3) is 0.273. The van der Waals surface area contributed by atoms with E-state index in [1.165, 1.54) is 0 Å². The Morgan fingerprint density at radius 1 is 1.10 bits per heavy atom. The van der Waals surface area contributed by atoms with Crippen molar-refractivity contribution in [3.8, 4) is 17.2 Å². The monoisotopic (exact) mass is 521 g/mol. The molecule has 1 aromatic heterocycles. The van der Waals surface area contributed by atoms with Crippen molar-refractivity contribution in [2.24, 2.45) is 4.99 Å². The smallest absolute Gasteiger partial charge is 0.196 e. The molecule has 1 heterocycles. The van der Waals surface area contributed by atoms with Gasteiger partial charge >= 0.3 is 0 Å². The number of halogens is 1. The van der Waals surface area contributed by atoms with Crippen molar-refractivity contribution in [2.75, 3.05) is 25.6 Å². The van der Waals surface area contributed by atoms with Crippen LogP contribution in [-0.2, 0) is 6.54 Å². The molecule has 0 saturated heterocycles. The lowest BCUT2D eigenvalue weighted by molar-refractivity contribution is 0.311. The van der Waals surface area contributed by atoms with Crippen LogP contribution in [-0.4, -0.2) is 36.0 Å². The van der Waals surface area contributed by atoms with Gasteiger partial charge in [0, 0.05) is 30.1 Å². The van der Waals surface area contributed by atoms with E-state index in [2.05, 4.69) is 20.7 Å². The van der Waals surface area contributed by atoms with Crippen LogP contribution in [0.4, 0.5) is 5.69 Å². The Bertz CT molecular complexity index is 944. The van der Waals surface area contributed by atoms with Gasteiger partial charge in [0.1, 0.15) is 0 Å². The van der Waals surface area contributed by atoms with Gasteiger partial charge in [0.25, 0.3) is 0 Å². The van der Waals surface area contributed by atoms with Crippen LogP contribution in [0, 0.1) is 0 Å². The third-order valence-corrected chi connectivity index (χ3v) is 4.15. The Balaban J connectivity index is 0.00000320. The minimum atomic E-state index is 0. The van der Waals surface area contributed by atoms with Gasteiger partial charge in [-0.3, -0.25) is 0 Å². The Morgan fingerprint density at radius 2 is 1.90 bits per heavy atom. The maximum absolute atomic E-state index is 5.57. The molecule has 0 atom stereocenters. The van der Waals surface area contributed by atoms with Gasteiger partial charge in [0.2, 0.25) is 0 Å². The molecule has 0 bridgehead atoms. The molecule has 0 fully saturated rings. The van der Waals surface area contributed by atoms with E-state index in [4.69, 9.17) is 9.47 Å². The fourth-order valence-corrected chi connectivity index (χ4v) is 2.80. The van der Waals surface area contributed by atoms with E-state index in [1.54, 1.807) is 7.11 Å². The van der Waals surface area contributed by atoms with Crippen molar-refractivity contribution in [1.82, 2.24) is 15.1 Å². The van der Waals surface area contributed by atoms with E-state index in [0.29, 0.717) is 24.9 Å². The standard InChI is InChI=1S/C22H27N5O2.HI/c1-4-23-22(26-18-11-12-20(29-5-2)21(13-18)28-3)24-14-17-15-25-27(16-17)19-9-7-6-8-10-19;/h6-13,15-16H,4-5,14H2,1-3H3,(H2,23,24,26);1H. The van der Waals surface area contributed by atoms with E-state index >= 15 is 0 Å². The molecule has 0 aliphatic heterocycles. The molecule has 8 heteroatoms. The fourth-order valence-electron chi connectivity index (χ4n) is 2.80. The highest BCUT2D eigenvalue weighted by atomic mass is 127. The van der Waals surface area contributed by atoms with Crippen molar-refractivity contribution in [3.05, 3.63) is 66.5 Å². The van der Waals surface area contributed by atoms with Crippen LogP contribution < -0.4 is 20.1 Å². The van der Waals surface area contributed by atoms with E-state index in [0.717, 1.165) is 29.2 Å². The van der Waals surface area contributed by atoms with Gasteiger partial charge in [-0.1, -0.05) is 18.2 Å². The molecule has 0 unspecified atom stereocenters. The number of para-hydroxylation sites is 1. The normalized spacial score (nSPS) is 10.8. The number of rotatable bonds is 8. The maximum atomic E-state index is 5.57. The molecule has 0 amide bonds. The van der Waals surface area contributed by atoms with Crippen LogP contribution in [0.2, 0.25) is 0 Å². The predicted molar refractivity (Wildman–Crippen MR) is 132 cm³/mol. The van der Waals surface area contributed by atoms with Gasteiger partial charge in [0.15, 0.2) is 17.5 Å². The summed E-state index contributed by atoms with van der Waals surface area (Å²) in [6.07, 6.45) is 3.82. The summed E-state index contributed by atoms with van der Waals surface area (Å²) >= 11 is 0. The Labute approximate surface area is 194 Å². The van der Waals surface area contributed by atoms with Crippen molar-refractivity contribution in [1.29, 1.82) is 0 Å². The summed E-state index contributed by atoms with van der Waals surface area (Å²) in [5.41, 5.74) is 2.91. The lowest BCUT2D eigenvalue weighted by Gasteiger charge is -2.14. The topological polar surface area (TPSA) is 72.7 Å². The highest BCUT2D eigenvalue weighted by Crippen LogP contribution is 2.30. The van der Waals surface area contributed by atoms with Crippen LogP contribution in [0.15, 0.2) is 65.9 Å². The summed E-state index contributed by atoms with van der Waals surface area (Å²) < 4.78 is 12.8.